The summed E-state index contributed by atoms with van der Waals surface area (Å²) in [6.07, 6.45) is 0. The summed E-state index contributed by atoms with van der Waals surface area (Å²) in [7, 11) is 0. The van der Waals surface area contributed by atoms with Crippen molar-refractivity contribution in [2.45, 2.75) is 0 Å². The lowest BCUT2D eigenvalue weighted by Crippen LogP contribution is -2.50. The first-order chi connectivity index (χ1) is 16.6. The number of hydrogen-bond donors (Lipinski definition) is 1. The van der Waals surface area contributed by atoms with E-state index in [1.165, 1.54) is 6.07 Å². The van der Waals surface area contributed by atoms with Crippen LogP contribution in [0.5, 0.6) is 0 Å². The minimum atomic E-state index is -0.589. The van der Waals surface area contributed by atoms with E-state index >= 15 is 0 Å². The molecule has 2 heterocycles. The lowest BCUT2D eigenvalue weighted by atomic mass is 10.1. The normalized spacial score (nSPS) is 13.8. The fourth-order valence-corrected chi connectivity index (χ4v) is 4.15. The third-order valence-corrected chi connectivity index (χ3v) is 5.94. The molecule has 1 aliphatic rings. The van der Waals surface area contributed by atoms with Gasteiger partial charge in [0.15, 0.2) is 6.61 Å². The molecule has 0 bridgehead atoms. The van der Waals surface area contributed by atoms with Gasteiger partial charge in [0.05, 0.1) is 22.3 Å². The summed E-state index contributed by atoms with van der Waals surface area (Å²) in [5.41, 5.74) is 3.13. The van der Waals surface area contributed by atoms with Crippen molar-refractivity contribution < 1.29 is 18.7 Å². The van der Waals surface area contributed by atoms with Gasteiger partial charge in [-0.05, 0) is 30.3 Å². The first-order valence-electron chi connectivity index (χ1n) is 11.1. The largest absolute Gasteiger partial charge is 0.452 e. The molecule has 8 heteroatoms. The van der Waals surface area contributed by atoms with Gasteiger partial charge in [-0.3, -0.25) is 4.79 Å². The van der Waals surface area contributed by atoms with E-state index in [4.69, 9.17) is 4.74 Å². The summed E-state index contributed by atoms with van der Waals surface area (Å²) in [5.74, 6) is -0.583. The van der Waals surface area contributed by atoms with E-state index in [1.807, 2.05) is 35.2 Å². The second kappa shape index (κ2) is 9.35. The van der Waals surface area contributed by atoms with Gasteiger partial charge in [-0.1, -0.05) is 42.5 Å². The number of fused-ring (bicyclic) bond motifs is 1. The number of imidazole rings is 1. The van der Waals surface area contributed by atoms with Crippen LogP contribution in [0.4, 0.5) is 10.1 Å². The van der Waals surface area contributed by atoms with Gasteiger partial charge < -0.3 is 19.5 Å². The Bertz CT molecular complexity index is 1310. The number of carbonyl (C=O) groups is 2. The molecule has 1 amide bonds. The number of ether oxygens (including phenoxy) is 1. The molecule has 0 atom stereocenters. The van der Waals surface area contributed by atoms with E-state index in [2.05, 4.69) is 9.97 Å². The molecule has 7 nitrogen and oxygen atoms in total. The quantitative estimate of drug-likeness (QED) is 0.460. The SMILES string of the molecule is O=C(OCC(=O)N1CCN(c2ccccc2F)CC1)c1ccccc1-c1nc2ccccc2[nH]1. The second-order valence-electron chi connectivity index (χ2n) is 8.04. The number of H-pyrrole nitrogens is 1. The Labute approximate surface area is 195 Å². The lowest BCUT2D eigenvalue weighted by molar-refractivity contribution is -0.134. The number of benzene rings is 3. The van der Waals surface area contributed by atoms with Crippen molar-refractivity contribution in [2.75, 3.05) is 37.7 Å². The minimum Gasteiger partial charge on any atom is -0.452 e. The Balaban J connectivity index is 1.21. The molecular formula is C26H23FN4O3. The van der Waals surface area contributed by atoms with Crippen LogP contribution in [0, 0.1) is 5.82 Å². The zero-order chi connectivity index (χ0) is 23.5. The maximum Gasteiger partial charge on any atom is 0.339 e. The minimum absolute atomic E-state index is 0.275. The number of halogens is 1. The van der Waals surface area contributed by atoms with E-state index in [0.29, 0.717) is 48.8 Å². The van der Waals surface area contributed by atoms with Crippen molar-refractivity contribution in [2.24, 2.45) is 0 Å². The first-order valence-corrected chi connectivity index (χ1v) is 11.1. The van der Waals surface area contributed by atoms with Crippen molar-refractivity contribution in [1.29, 1.82) is 0 Å². The van der Waals surface area contributed by atoms with E-state index in [1.54, 1.807) is 41.3 Å². The second-order valence-corrected chi connectivity index (χ2v) is 8.04. The average Bonchev–Trinajstić information content (AvgIpc) is 3.32. The van der Waals surface area contributed by atoms with Crippen LogP contribution in [0.15, 0.2) is 72.8 Å². The number of nitrogens with one attached hydrogen (secondary N) is 1. The zero-order valence-electron chi connectivity index (χ0n) is 18.4. The highest BCUT2D eigenvalue weighted by Crippen LogP contribution is 2.25. The number of esters is 1. The van der Waals surface area contributed by atoms with Crippen molar-refractivity contribution in [3.63, 3.8) is 0 Å². The summed E-state index contributed by atoms with van der Waals surface area (Å²) in [5, 5.41) is 0. The number of anilines is 1. The first kappa shape index (κ1) is 21.6. The summed E-state index contributed by atoms with van der Waals surface area (Å²) in [6, 6.07) is 21.2. The van der Waals surface area contributed by atoms with Gasteiger partial charge in [-0.2, -0.15) is 0 Å². The number of aromatic nitrogens is 2. The monoisotopic (exact) mass is 458 g/mol. The third-order valence-electron chi connectivity index (χ3n) is 5.94. The van der Waals surface area contributed by atoms with E-state index in [9.17, 15) is 14.0 Å². The highest BCUT2D eigenvalue weighted by molar-refractivity contribution is 5.98. The van der Waals surface area contributed by atoms with Gasteiger partial charge >= 0.3 is 5.97 Å². The van der Waals surface area contributed by atoms with Crippen molar-refractivity contribution in [3.05, 3.63) is 84.2 Å². The molecule has 34 heavy (non-hydrogen) atoms. The lowest BCUT2D eigenvalue weighted by Gasteiger charge is -2.36. The maximum absolute atomic E-state index is 14.0. The molecule has 1 fully saturated rings. The number of para-hydroxylation sites is 3. The Kier molecular flexibility index (Phi) is 5.95. The van der Waals surface area contributed by atoms with Crippen molar-refractivity contribution in [3.8, 4) is 11.4 Å². The standard InChI is InChI=1S/C26H23FN4O3/c27-20-9-3-6-12-23(20)30-13-15-31(16-14-30)24(32)17-34-26(33)19-8-2-1-7-18(19)25-28-21-10-4-5-11-22(21)29-25/h1-12H,13-17H2,(H,28,29). The average molecular weight is 458 g/mol. The van der Waals surface area contributed by atoms with Gasteiger partial charge in [-0.25, -0.2) is 14.2 Å². The van der Waals surface area contributed by atoms with Crippen LogP contribution in [0.2, 0.25) is 0 Å². The molecular weight excluding hydrogens is 435 g/mol. The van der Waals surface area contributed by atoms with Crippen LogP contribution >= 0.6 is 0 Å². The van der Waals surface area contributed by atoms with Crippen LogP contribution in [-0.4, -0.2) is 59.5 Å². The Hall–Kier alpha value is -4.20. The molecule has 172 valence electrons. The van der Waals surface area contributed by atoms with Crippen LogP contribution in [0.1, 0.15) is 10.4 Å². The van der Waals surface area contributed by atoms with Crippen LogP contribution in [0.3, 0.4) is 0 Å². The predicted octanol–water partition coefficient (Wildman–Crippen LogP) is 3.87. The number of hydrogen-bond acceptors (Lipinski definition) is 5. The fourth-order valence-electron chi connectivity index (χ4n) is 4.15. The van der Waals surface area contributed by atoms with E-state index < -0.39 is 5.97 Å². The molecule has 0 unspecified atom stereocenters. The number of piperazine rings is 1. The van der Waals surface area contributed by atoms with Gasteiger partial charge in [0.2, 0.25) is 0 Å². The zero-order valence-corrected chi connectivity index (χ0v) is 18.4. The van der Waals surface area contributed by atoms with Gasteiger partial charge in [0.25, 0.3) is 5.91 Å². The van der Waals surface area contributed by atoms with Crippen molar-refractivity contribution in [1.82, 2.24) is 14.9 Å². The highest BCUT2D eigenvalue weighted by Gasteiger charge is 2.24. The molecule has 1 N–H and O–H groups in total. The Morgan fingerprint density at radius 1 is 0.912 bits per heavy atom. The fraction of sp³-hybridized carbons (Fsp3) is 0.192. The number of nitrogens with zero attached hydrogens (tertiary/aromatic N) is 3. The highest BCUT2D eigenvalue weighted by atomic mass is 19.1. The van der Waals surface area contributed by atoms with Crippen LogP contribution in [-0.2, 0) is 9.53 Å². The number of amides is 1. The predicted molar refractivity (Wildman–Crippen MR) is 127 cm³/mol. The topological polar surface area (TPSA) is 78.5 Å². The van der Waals surface area contributed by atoms with E-state index in [0.717, 1.165) is 11.0 Å². The summed E-state index contributed by atoms with van der Waals surface area (Å²) < 4.78 is 19.4. The number of rotatable bonds is 5. The number of carbonyl (C=O) groups excluding carboxylic acids is 2. The Morgan fingerprint density at radius 3 is 2.41 bits per heavy atom. The van der Waals surface area contributed by atoms with Crippen molar-refractivity contribution >= 4 is 28.6 Å². The molecule has 5 rings (SSSR count). The molecule has 4 aromatic rings. The summed E-state index contributed by atoms with van der Waals surface area (Å²) >= 11 is 0. The summed E-state index contributed by atoms with van der Waals surface area (Å²) in [6.45, 7) is 1.53. The molecule has 1 aromatic heterocycles. The molecule has 0 saturated carbocycles. The molecule has 0 aliphatic carbocycles. The van der Waals surface area contributed by atoms with Crippen LogP contribution in [0.25, 0.3) is 22.4 Å². The molecule has 0 spiro atoms. The smallest absolute Gasteiger partial charge is 0.339 e. The van der Waals surface area contributed by atoms with Gasteiger partial charge in [0, 0.05) is 31.7 Å². The maximum atomic E-state index is 14.0. The van der Waals surface area contributed by atoms with Crippen LogP contribution < -0.4 is 4.90 Å². The van der Waals surface area contributed by atoms with Gasteiger partial charge in [0.1, 0.15) is 11.6 Å². The van der Waals surface area contributed by atoms with Gasteiger partial charge in [-0.15, -0.1) is 0 Å². The molecule has 0 radical (unpaired) electrons. The molecule has 1 saturated heterocycles. The van der Waals surface area contributed by atoms with E-state index in [-0.39, 0.29) is 18.3 Å². The number of aromatic amines is 1. The Morgan fingerprint density at radius 2 is 1.62 bits per heavy atom. The third kappa shape index (κ3) is 4.34. The summed E-state index contributed by atoms with van der Waals surface area (Å²) in [4.78, 5) is 36.8. The molecule has 3 aromatic carbocycles. The molecule has 1 aliphatic heterocycles.